The molecular weight excluding hydrogens is 436 g/mol. The van der Waals surface area contributed by atoms with E-state index in [2.05, 4.69) is 21.2 Å². The van der Waals surface area contributed by atoms with Gasteiger partial charge in [-0.3, -0.25) is 14.4 Å². The summed E-state index contributed by atoms with van der Waals surface area (Å²) in [5.41, 5.74) is 3.29. The van der Waals surface area contributed by atoms with E-state index in [1.54, 1.807) is 60.7 Å². The zero-order chi connectivity index (χ0) is 22.8. The highest BCUT2D eigenvalue weighted by atomic mass is 35.5. The van der Waals surface area contributed by atoms with Crippen molar-refractivity contribution < 1.29 is 23.5 Å². The number of benzene rings is 2. The third kappa shape index (κ3) is 7.29. The molecule has 3 amide bonds. The van der Waals surface area contributed by atoms with Crippen molar-refractivity contribution >= 4 is 41.2 Å². The summed E-state index contributed by atoms with van der Waals surface area (Å²) in [6, 6.07) is 16.8. The van der Waals surface area contributed by atoms with Crippen molar-refractivity contribution in [2.45, 2.75) is 6.54 Å². The highest BCUT2D eigenvalue weighted by molar-refractivity contribution is 6.35. The summed E-state index contributed by atoms with van der Waals surface area (Å²) in [4.78, 5) is 35.5. The Balaban J connectivity index is 1.44. The van der Waals surface area contributed by atoms with Crippen LogP contribution in [0.3, 0.4) is 0 Å². The topological polar surface area (TPSA) is 122 Å². The van der Waals surface area contributed by atoms with E-state index in [1.807, 2.05) is 0 Å². The molecule has 32 heavy (non-hydrogen) atoms. The summed E-state index contributed by atoms with van der Waals surface area (Å²) >= 11 is 5.89. The van der Waals surface area contributed by atoms with Gasteiger partial charge in [-0.2, -0.15) is 5.10 Å². The molecule has 0 spiro atoms. The summed E-state index contributed by atoms with van der Waals surface area (Å²) in [6.07, 6.45) is 2.81. The van der Waals surface area contributed by atoms with Crippen LogP contribution in [0.15, 0.2) is 76.4 Å². The van der Waals surface area contributed by atoms with E-state index in [1.165, 1.54) is 12.5 Å². The molecule has 0 fully saturated rings. The predicted molar refractivity (Wildman–Crippen MR) is 118 cm³/mol. The number of hydrogen-bond donors (Lipinski definition) is 3. The molecule has 0 saturated carbocycles. The van der Waals surface area contributed by atoms with Gasteiger partial charge in [0.15, 0.2) is 6.61 Å². The van der Waals surface area contributed by atoms with Gasteiger partial charge in [-0.05, 0) is 48.0 Å². The molecule has 0 radical (unpaired) electrons. The van der Waals surface area contributed by atoms with Crippen molar-refractivity contribution in [2.75, 3.05) is 11.9 Å². The average molecular weight is 455 g/mol. The molecule has 0 aliphatic carbocycles. The maximum Gasteiger partial charge on any atom is 0.329 e. The van der Waals surface area contributed by atoms with Crippen LogP contribution < -0.4 is 20.8 Å². The number of carbonyl (C=O) groups is 3. The molecule has 3 aromatic rings. The van der Waals surface area contributed by atoms with Crippen LogP contribution in [-0.2, 0) is 20.9 Å². The molecule has 0 atom stereocenters. The molecule has 0 aliphatic heterocycles. The van der Waals surface area contributed by atoms with Crippen LogP contribution in [0, 0.1) is 0 Å². The SMILES string of the molecule is O=C(COc1cccc(/C=N\NC(=O)C(=O)NCc2ccco2)c1)Nc1cccc(Cl)c1. The molecule has 3 N–H and O–H groups in total. The number of nitrogens with one attached hydrogen (secondary N) is 3. The van der Waals surface area contributed by atoms with Gasteiger partial charge in [0.1, 0.15) is 11.5 Å². The van der Waals surface area contributed by atoms with Gasteiger partial charge in [0.05, 0.1) is 19.0 Å². The Hall–Kier alpha value is -4.11. The van der Waals surface area contributed by atoms with Gasteiger partial charge in [-0.15, -0.1) is 0 Å². The minimum Gasteiger partial charge on any atom is -0.484 e. The van der Waals surface area contributed by atoms with E-state index in [-0.39, 0.29) is 19.1 Å². The number of furan rings is 1. The molecule has 9 nitrogen and oxygen atoms in total. The van der Waals surface area contributed by atoms with Gasteiger partial charge >= 0.3 is 11.8 Å². The van der Waals surface area contributed by atoms with Gasteiger partial charge in [-0.25, -0.2) is 5.43 Å². The Labute approximate surface area is 188 Å². The Morgan fingerprint density at radius 3 is 2.66 bits per heavy atom. The molecule has 0 saturated heterocycles. The summed E-state index contributed by atoms with van der Waals surface area (Å²) in [5.74, 6) is -1.16. The van der Waals surface area contributed by atoms with Crippen LogP contribution in [0.4, 0.5) is 5.69 Å². The number of halogens is 1. The zero-order valence-electron chi connectivity index (χ0n) is 16.7. The van der Waals surface area contributed by atoms with E-state index < -0.39 is 11.8 Å². The van der Waals surface area contributed by atoms with Gasteiger partial charge in [0.25, 0.3) is 5.91 Å². The number of hydrogen-bond acceptors (Lipinski definition) is 6. The summed E-state index contributed by atoms with van der Waals surface area (Å²) in [7, 11) is 0. The number of ether oxygens (including phenoxy) is 1. The highest BCUT2D eigenvalue weighted by Crippen LogP contribution is 2.15. The minimum atomic E-state index is -0.919. The molecule has 2 aromatic carbocycles. The highest BCUT2D eigenvalue weighted by Gasteiger charge is 2.12. The van der Waals surface area contributed by atoms with Crippen LogP contribution in [-0.4, -0.2) is 30.5 Å². The lowest BCUT2D eigenvalue weighted by Gasteiger charge is -2.08. The molecule has 0 unspecified atom stereocenters. The number of hydrazone groups is 1. The van der Waals surface area contributed by atoms with Crippen molar-refractivity contribution in [1.82, 2.24) is 10.7 Å². The normalized spacial score (nSPS) is 10.5. The third-order valence-electron chi connectivity index (χ3n) is 3.93. The maximum absolute atomic E-state index is 12.0. The number of nitrogens with zero attached hydrogens (tertiary/aromatic N) is 1. The summed E-state index contributed by atoms with van der Waals surface area (Å²) in [5, 5.41) is 9.35. The van der Waals surface area contributed by atoms with Crippen LogP contribution in [0.2, 0.25) is 5.02 Å². The second-order valence-corrected chi connectivity index (χ2v) is 6.82. The van der Waals surface area contributed by atoms with E-state index >= 15 is 0 Å². The maximum atomic E-state index is 12.0. The fraction of sp³-hybridized carbons (Fsp3) is 0.0909. The van der Waals surface area contributed by atoms with Crippen LogP contribution >= 0.6 is 11.6 Å². The van der Waals surface area contributed by atoms with Gasteiger partial charge in [-0.1, -0.05) is 29.8 Å². The number of carbonyl (C=O) groups excluding carboxylic acids is 3. The largest absolute Gasteiger partial charge is 0.484 e. The van der Waals surface area contributed by atoms with Crippen molar-refractivity contribution in [1.29, 1.82) is 0 Å². The molecule has 3 rings (SSSR count). The molecule has 10 heteroatoms. The van der Waals surface area contributed by atoms with Crippen molar-refractivity contribution in [3.05, 3.63) is 83.3 Å². The lowest BCUT2D eigenvalue weighted by molar-refractivity contribution is -0.139. The van der Waals surface area contributed by atoms with Crippen molar-refractivity contribution in [3.63, 3.8) is 0 Å². The Bertz CT molecular complexity index is 1120. The molecule has 1 heterocycles. The Morgan fingerprint density at radius 2 is 1.88 bits per heavy atom. The average Bonchev–Trinajstić information content (AvgIpc) is 3.30. The second kappa shape index (κ2) is 11.3. The van der Waals surface area contributed by atoms with Crippen molar-refractivity contribution in [2.24, 2.45) is 5.10 Å². The first-order valence-corrected chi connectivity index (χ1v) is 9.79. The Morgan fingerprint density at radius 1 is 1.03 bits per heavy atom. The van der Waals surface area contributed by atoms with E-state index in [9.17, 15) is 14.4 Å². The minimum absolute atomic E-state index is 0.0905. The standard InChI is InChI=1S/C22H19ClN4O5/c23-16-5-2-6-17(11-16)26-20(28)14-32-18-7-1-4-15(10-18)12-25-27-22(30)21(29)24-13-19-8-3-9-31-19/h1-12H,13-14H2,(H,24,29)(H,26,28)(H,27,30)/b25-12-. The number of rotatable bonds is 8. The fourth-order valence-electron chi connectivity index (χ4n) is 2.47. The molecule has 1 aromatic heterocycles. The fourth-order valence-corrected chi connectivity index (χ4v) is 2.66. The first-order valence-electron chi connectivity index (χ1n) is 9.41. The first kappa shape index (κ1) is 22.6. The number of amides is 3. The van der Waals surface area contributed by atoms with E-state index in [4.69, 9.17) is 20.8 Å². The summed E-state index contributed by atoms with van der Waals surface area (Å²) < 4.78 is 10.5. The van der Waals surface area contributed by atoms with E-state index in [0.29, 0.717) is 27.8 Å². The third-order valence-corrected chi connectivity index (χ3v) is 4.16. The van der Waals surface area contributed by atoms with Gasteiger partial charge in [0.2, 0.25) is 0 Å². The molecular formula is C22H19ClN4O5. The molecule has 0 aliphatic rings. The predicted octanol–water partition coefficient (Wildman–Crippen LogP) is 2.72. The zero-order valence-corrected chi connectivity index (χ0v) is 17.5. The monoisotopic (exact) mass is 454 g/mol. The lowest BCUT2D eigenvalue weighted by atomic mass is 10.2. The lowest BCUT2D eigenvalue weighted by Crippen LogP contribution is -2.37. The summed E-state index contributed by atoms with van der Waals surface area (Å²) in [6.45, 7) is -0.118. The van der Waals surface area contributed by atoms with E-state index in [0.717, 1.165) is 0 Å². The Kier molecular flexibility index (Phi) is 7.99. The second-order valence-electron chi connectivity index (χ2n) is 6.38. The first-order chi connectivity index (χ1) is 15.5. The molecule has 0 bridgehead atoms. The van der Waals surface area contributed by atoms with Crippen LogP contribution in [0.25, 0.3) is 0 Å². The van der Waals surface area contributed by atoms with Crippen LogP contribution in [0.5, 0.6) is 5.75 Å². The van der Waals surface area contributed by atoms with Crippen molar-refractivity contribution in [3.8, 4) is 5.75 Å². The van der Waals surface area contributed by atoms with Gasteiger partial charge < -0.3 is 19.8 Å². The van der Waals surface area contributed by atoms with Crippen LogP contribution in [0.1, 0.15) is 11.3 Å². The molecule has 164 valence electrons. The number of anilines is 1. The quantitative estimate of drug-likeness (QED) is 0.274. The smallest absolute Gasteiger partial charge is 0.329 e. The van der Waals surface area contributed by atoms with Gasteiger partial charge in [0, 0.05) is 10.7 Å².